The van der Waals surface area contributed by atoms with Crippen molar-refractivity contribution in [3.63, 3.8) is 0 Å². The molecule has 0 aromatic carbocycles. The van der Waals surface area contributed by atoms with Crippen molar-refractivity contribution < 1.29 is 9.52 Å². The summed E-state index contributed by atoms with van der Waals surface area (Å²) in [7, 11) is 0. The standard InChI is InChI=1S/C16H20N2O2/c1-16(19,8-17)15-18-7-13(20-15)14-11-3-9-2-10(5-11)6-12(14)4-9/h7,9-12,14,19H,2-6H2,1H3. The van der Waals surface area contributed by atoms with Crippen molar-refractivity contribution in [2.75, 3.05) is 0 Å². The van der Waals surface area contributed by atoms with Gasteiger partial charge >= 0.3 is 0 Å². The second kappa shape index (κ2) is 4.08. The summed E-state index contributed by atoms with van der Waals surface area (Å²) in [4.78, 5) is 4.15. The van der Waals surface area contributed by atoms with Gasteiger partial charge in [0.25, 0.3) is 0 Å². The van der Waals surface area contributed by atoms with Crippen LogP contribution in [0.2, 0.25) is 0 Å². The van der Waals surface area contributed by atoms with Crippen LogP contribution >= 0.6 is 0 Å². The van der Waals surface area contributed by atoms with Crippen LogP contribution in [0.15, 0.2) is 10.6 Å². The highest BCUT2D eigenvalue weighted by Crippen LogP contribution is 2.59. The van der Waals surface area contributed by atoms with Crippen LogP contribution in [-0.4, -0.2) is 10.1 Å². The second-order valence-corrected chi connectivity index (χ2v) is 7.21. The summed E-state index contributed by atoms with van der Waals surface area (Å²) < 4.78 is 5.78. The summed E-state index contributed by atoms with van der Waals surface area (Å²) in [6.45, 7) is 1.43. The zero-order valence-corrected chi connectivity index (χ0v) is 11.7. The van der Waals surface area contributed by atoms with Gasteiger partial charge in [0, 0.05) is 5.92 Å². The molecule has 1 aromatic heterocycles. The van der Waals surface area contributed by atoms with Crippen molar-refractivity contribution in [1.29, 1.82) is 5.26 Å². The van der Waals surface area contributed by atoms with E-state index < -0.39 is 5.60 Å². The fourth-order valence-corrected chi connectivity index (χ4v) is 5.10. The maximum atomic E-state index is 9.94. The van der Waals surface area contributed by atoms with E-state index in [0.717, 1.165) is 29.4 Å². The van der Waals surface area contributed by atoms with Gasteiger partial charge in [0.1, 0.15) is 11.8 Å². The second-order valence-electron chi connectivity index (χ2n) is 7.21. The van der Waals surface area contributed by atoms with E-state index in [1.807, 2.05) is 6.07 Å². The van der Waals surface area contributed by atoms with Crippen LogP contribution in [0.5, 0.6) is 0 Å². The SMILES string of the molecule is CC(O)(C#N)c1ncc(C2C3CC4CC(C3)CC2C4)o1. The fraction of sp³-hybridized carbons (Fsp3) is 0.750. The molecule has 20 heavy (non-hydrogen) atoms. The van der Waals surface area contributed by atoms with Crippen LogP contribution in [0.25, 0.3) is 0 Å². The number of aromatic nitrogens is 1. The maximum Gasteiger partial charge on any atom is 0.241 e. The molecule has 1 aromatic rings. The number of oxazole rings is 1. The normalized spacial score (nSPS) is 41.4. The first kappa shape index (κ1) is 12.4. The van der Waals surface area contributed by atoms with Crippen LogP contribution < -0.4 is 0 Å². The molecule has 0 spiro atoms. The lowest BCUT2D eigenvalue weighted by Gasteiger charge is -2.53. The molecule has 4 nitrogen and oxygen atoms in total. The molecule has 4 saturated carbocycles. The van der Waals surface area contributed by atoms with Crippen molar-refractivity contribution in [2.24, 2.45) is 23.7 Å². The topological polar surface area (TPSA) is 70.0 Å². The van der Waals surface area contributed by atoms with Crippen molar-refractivity contribution in [1.82, 2.24) is 4.98 Å². The van der Waals surface area contributed by atoms with Crippen LogP contribution in [0.1, 0.15) is 56.6 Å². The smallest absolute Gasteiger partial charge is 0.241 e. The van der Waals surface area contributed by atoms with Gasteiger partial charge in [0.15, 0.2) is 0 Å². The number of nitriles is 1. The van der Waals surface area contributed by atoms with Crippen molar-refractivity contribution in [3.05, 3.63) is 17.8 Å². The Morgan fingerprint density at radius 1 is 1.25 bits per heavy atom. The Bertz CT molecular complexity index is 541. The van der Waals surface area contributed by atoms with Crippen molar-refractivity contribution >= 4 is 0 Å². The highest BCUT2D eigenvalue weighted by atomic mass is 16.4. The van der Waals surface area contributed by atoms with Crippen LogP contribution in [-0.2, 0) is 5.60 Å². The van der Waals surface area contributed by atoms with Gasteiger partial charge in [0.05, 0.1) is 6.20 Å². The third-order valence-corrected chi connectivity index (χ3v) is 5.71. The fourth-order valence-electron chi connectivity index (χ4n) is 5.10. The quantitative estimate of drug-likeness (QED) is 0.840. The molecule has 4 bridgehead atoms. The van der Waals surface area contributed by atoms with Gasteiger partial charge in [-0.2, -0.15) is 5.26 Å². The van der Waals surface area contributed by atoms with Gasteiger partial charge in [-0.25, -0.2) is 4.98 Å². The number of aliphatic hydroxyl groups is 1. The minimum absolute atomic E-state index is 0.142. The molecule has 4 heteroatoms. The van der Waals surface area contributed by atoms with Gasteiger partial charge in [-0.05, 0) is 62.7 Å². The van der Waals surface area contributed by atoms with Crippen LogP contribution in [0.3, 0.4) is 0 Å². The Kier molecular flexibility index (Phi) is 2.53. The number of hydrogen-bond donors (Lipinski definition) is 1. The first-order valence-electron chi connectivity index (χ1n) is 7.66. The molecule has 0 saturated heterocycles. The van der Waals surface area contributed by atoms with E-state index in [2.05, 4.69) is 4.98 Å². The average Bonchev–Trinajstić information content (AvgIpc) is 2.88. The first-order chi connectivity index (χ1) is 9.56. The Labute approximate surface area is 118 Å². The summed E-state index contributed by atoms with van der Waals surface area (Å²) in [6, 6.07) is 1.84. The van der Waals surface area contributed by atoms with E-state index >= 15 is 0 Å². The molecule has 0 aliphatic heterocycles. The monoisotopic (exact) mass is 272 g/mol. The van der Waals surface area contributed by atoms with E-state index in [9.17, 15) is 5.11 Å². The zero-order chi connectivity index (χ0) is 13.9. The largest absolute Gasteiger partial charge is 0.441 e. The number of nitrogens with zero attached hydrogens (tertiary/aromatic N) is 2. The number of rotatable bonds is 2. The molecule has 1 unspecified atom stereocenters. The van der Waals surface area contributed by atoms with E-state index in [0.29, 0.717) is 5.92 Å². The predicted octanol–water partition coefficient (Wildman–Crippen LogP) is 2.95. The lowest BCUT2D eigenvalue weighted by Crippen LogP contribution is -2.43. The molecule has 1 atom stereocenters. The highest BCUT2D eigenvalue weighted by molar-refractivity contribution is 5.17. The zero-order valence-electron chi connectivity index (χ0n) is 11.7. The molecule has 4 aliphatic carbocycles. The Morgan fingerprint density at radius 3 is 2.40 bits per heavy atom. The van der Waals surface area contributed by atoms with E-state index in [-0.39, 0.29) is 5.89 Å². The molecular weight excluding hydrogens is 252 g/mol. The molecule has 0 radical (unpaired) electrons. The van der Waals surface area contributed by atoms with Gasteiger partial charge in [-0.1, -0.05) is 0 Å². The minimum atomic E-state index is -1.62. The Hall–Kier alpha value is -1.34. The molecule has 1 heterocycles. The Balaban J connectivity index is 1.64. The molecule has 1 N–H and O–H groups in total. The maximum absolute atomic E-state index is 9.94. The van der Waals surface area contributed by atoms with Gasteiger partial charge in [-0.3, -0.25) is 0 Å². The average molecular weight is 272 g/mol. The third-order valence-electron chi connectivity index (χ3n) is 5.71. The van der Waals surface area contributed by atoms with E-state index in [4.69, 9.17) is 9.68 Å². The highest BCUT2D eigenvalue weighted by Gasteiger charge is 2.50. The summed E-state index contributed by atoms with van der Waals surface area (Å²) in [5.74, 6) is 4.79. The molecular formula is C16H20N2O2. The third kappa shape index (κ3) is 1.73. The van der Waals surface area contributed by atoms with Crippen LogP contribution in [0, 0.1) is 35.0 Å². The number of hydrogen-bond acceptors (Lipinski definition) is 4. The van der Waals surface area contributed by atoms with Crippen molar-refractivity contribution in [2.45, 2.75) is 50.5 Å². The predicted molar refractivity (Wildman–Crippen MR) is 71.5 cm³/mol. The summed E-state index contributed by atoms with van der Waals surface area (Å²) >= 11 is 0. The minimum Gasteiger partial charge on any atom is -0.441 e. The first-order valence-corrected chi connectivity index (χ1v) is 7.66. The molecule has 106 valence electrons. The molecule has 0 amide bonds. The molecule has 5 rings (SSSR count). The summed E-state index contributed by atoms with van der Waals surface area (Å²) in [5.41, 5.74) is -1.62. The van der Waals surface area contributed by atoms with E-state index in [1.54, 1.807) is 6.20 Å². The Morgan fingerprint density at radius 2 is 1.85 bits per heavy atom. The lowest BCUT2D eigenvalue weighted by molar-refractivity contribution is -0.0116. The summed E-state index contributed by atoms with van der Waals surface area (Å²) in [6.07, 6.45) is 8.47. The van der Waals surface area contributed by atoms with Gasteiger partial charge in [0.2, 0.25) is 11.5 Å². The summed E-state index contributed by atoms with van der Waals surface area (Å²) in [5, 5.41) is 18.9. The molecule has 4 aliphatic rings. The lowest BCUT2D eigenvalue weighted by atomic mass is 9.51. The van der Waals surface area contributed by atoms with E-state index in [1.165, 1.54) is 39.0 Å². The van der Waals surface area contributed by atoms with Gasteiger partial charge < -0.3 is 9.52 Å². The van der Waals surface area contributed by atoms with Gasteiger partial charge in [-0.15, -0.1) is 0 Å². The van der Waals surface area contributed by atoms with Crippen LogP contribution in [0.4, 0.5) is 0 Å². The molecule has 4 fully saturated rings. The van der Waals surface area contributed by atoms with Crippen molar-refractivity contribution in [3.8, 4) is 6.07 Å².